The maximum atomic E-state index is 2.70. The highest BCUT2D eigenvalue weighted by molar-refractivity contribution is 7.26. The average molecular weight is 1390 g/mol. The molecular formula is C102H65BN2S2. The van der Waals surface area contributed by atoms with Crippen molar-refractivity contribution in [2.75, 3.05) is 9.80 Å². The Bertz CT molecular complexity index is 6170. The van der Waals surface area contributed by atoms with E-state index in [1.54, 1.807) is 0 Å². The molecule has 0 spiro atoms. The van der Waals surface area contributed by atoms with Crippen molar-refractivity contribution >= 4 is 120 Å². The summed E-state index contributed by atoms with van der Waals surface area (Å²) >= 11 is 3.77. The molecule has 0 amide bonds. The lowest BCUT2D eigenvalue weighted by Crippen LogP contribution is -2.61. The third-order valence-electron chi connectivity index (χ3n) is 22.0. The molecule has 5 heteroatoms. The van der Waals surface area contributed by atoms with Crippen molar-refractivity contribution in [2.45, 2.75) is 0 Å². The fourth-order valence-corrected chi connectivity index (χ4v) is 19.6. The summed E-state index contributed by atoms with van der Waals surface area (Å²) in [6.07, 6.45) is 0. The van der Waals surface area contributed by atoms with Crippen LogP contribution in [0.5, 0.6) is 0 Å². The van der Waals surface area contributed by atoms with Crippen LogP contribution in [0.3, 0.4) is 0 Å². The van der Waals surface area contributed by atoms with E-state index >= 15 is 0 Å². The Morgan fingerprint density at radius 1 is 0.187 bits per heavy atom. The van der Waals surface area contributed by atoms with E-state index in [1.165, 1.54) is 90.1 Å². The minimum absolute atomic E-state index is 0.269. The van der Waals surface area contributed by atoms with Crippen LogP contribution in [0.2, 0.25) is 0 Å². The molecular weight excluding hydrogens is 1330 g/mol. The van der Waals surface area contributed by atoms with Crippen molar-refractivity contribution in [2.24, 2.45) is 0 Å². The quantitative estimate of drug-likeness (QED) is 0.113. The summed E-state index contributed by atoms with van der Waals surface area (Å²) in [5.74, 6) is 0. The molecule has 19 aromatic rings. The zero-order valence-electron chi connectivity index (χ0n) is 58.3. The molecule has 107 heavy (non-hydrogen) atoms. The van der Waals surface area contributed by atoms with Crippen LogP contribution in [-0.4, -0.2) is 6.71 Å². The standard InChI is InChI=1S/C102H65BN2S2/c1-8-28-66(29-9-1)69-50-52-70(53-51-69)77-64-94-98-95(65-77)105(100-88(73-38-18-6-19-39-73)60-79(61-89(100)74-40-20-7-21-41-74)81-45-27-47-85-83-43-23-25-49-97(83)107-102(81)85)93-57-55-76(68-32-12-3-13-33-68)63-91(93)103(98)90-62-75(67-30-10-2-11-31-67)54-56-92(90)104(94)99-86(71-34-14-4-15-35-71)58-78(59-87(99)72-36-16-5-17-37-72)80-44-26-46-84-82-42-22-24-48-96(82)106-101(80)84/h1-65H. The molecule has 0 saturated heterocycles. The smallest absolute Gasteiger partial charge is 0.252 e. The topological polar surface area (TPSA) is 6.48 Å². The lowest BCUT2D eigenvalue weighted by molar-refractivity contribution is 1.25. The summed E-state index contributed by atoms with van der Waals surface area (Å²) in [5, 5.41) is 5.11. The lowest BCUT2D eigenvalue weighted by Gasteiger charge is -2.46. The first-order valence-corrected chi connectivity index (χ1v) is 38.4. The number of benzene rings is 17. The summed E-state index contributed by atoms with van der Waals surface area (Å²) in [5.41, 5.74) is 33.3. The zero-order chi connectivity index (χ0) is 70.5. The van der Waals surface area contributed by atoms with Crippen molar-refractivity contribution in [3.63, 3.8) is 0 Å². The minimum Gasteiger partial charge on any atom is -0.310 e. The molecule has 0 aliphatic carbocycles. The molecule has 498 valence electrons. The second-order valence-corrected chi connectivity index (χ2v) is 30.2. The van der Waals surface area contributed by atoms with Gasteiger partial charge in [-0.15, -0.1) is 22.7 Å². The molecule has 0 saturated carbocycles. The number of anilines is 6. The molecule has 0 fully saturated rings. The van der Waals surface area contributed by atoms with Crippen LogP contribution in [0.15, 0.2) is 394 Å². The summed E-state index contributed by atoms with van der Waals surface area (Å²) < 4.78 is 5.13. The van der Waals surface area contributed by atoms with Gasteiger partial charge in [-0.2, -0.15) is 0 Å². The third kappa shape index (κ3) is 10.6. The Morgan fingerprint density at radius 3 is 0.841 bits per heavy atom. The maximum absolute atomic E-state index is 2.70. The van der Waals surface area contributed by atoms with E-state index in [0.717, 1.165) is 112 Å². The first kappa shape index (κ1) is 62.4. The van der Waals surface area contributed by atoms with E-state index in [9.17, 15) is 0 Å². The van der Waals surface area contributed by atoms with Crippen molar-refractivity contribution in [3.05, 3.63) is 394 Å². The summed E-state index contributed by atoms with van der Waals surface area (Å²) in [7, 11) is 0. The molecule has 0 bridgehead atoms. The Kier molecular flexibility index (Phi) is 15.1. The van der Waals surface area contributed by atoms with E-state index in [0.29, 0.717) is 0 Å². The monoisotopic (exact) mass is 1390 g/mol. The van der Waals surface area contributed by atoms with Crippen LogP contribution in [0, 0.1) is 0 Å². The highest BCUT2D eigenvalue weighted by Crippen LogP contribution is 2.57. The summed E-state index contributed by atoms with van der Waals surface area (Å²) in [4.78, 5) is 5.40. The lowest BCUT2D eigenvalue weighted by atomic mass is 9.33. The second kappa shape index (κ2) is 25.9. The van der Waals surface area contributed by atoms with E-state index in [4.69, 9.17) is 0 Å². The normalized spacial score (nSPS) is 12.2. The van der Waals surface area contributed by atoms with E-state index in [2.05, 4.69) is 404 Å². The molecule has 17 aromatic carbocycles. The number of fused-ring (bicyclic) bond motifs is 10. The molecule has 4 heterocycles. The number of hydrogen-bond donors (Lipinski definition) is 0. The van der Waals surface area contributed by atoms with E-state index in [1.807, 2.05) is 22.7 Å². The second-order valence-electron chi connectivity index (χ2n) is 28.1. The molecule has 2 aliphatic heterocycles. The number of nitrogens with zero attached hydrogens (tertiary/aromatic N) is 2. The molecule has 21 rings (SSSR count). The Morgan fingerprint density at radius 2 is 0.477 bits per heavy atom. The van der Waals surface area contributed by atoms with Crippen LogP contribution < -0.4 is 26.2 Å². The van der Waals surface area contributed by atoms with Crippen molar-refractivity contribution < 1.29 is 0 Å². The van der Waals surface area contributed by atoms with Crippen LogP contribution in [0.1, 0.15) is 0 Å². The van der Waals surface area contributed by atoms with Crippen LogP contribution in [0.25, 0.3) is 152 Å². The third-order valence-corrected chi connectivity index (χ3v) is 24.5. The molecule has 0 unspecified atom stereocenters. The maximum Gasteiger partial charge on any atom is 0.252 e. The fourth-order valence-electron chi connectivity index (χ4n) is 17.1. The van der Waals surface area contributed by atoms with Crippen LogP contribution >= 0.6 is 22.7 Å². The van der Waals surface area contributed by atoms with Gasteiger partial charge in [0, 0.05) is 85.3 Å². The van der Waals surface area contributed by atoms with Crippen LogP contribution in [0.4, 0.5) is 34.1 Å². The largest absolute Gasteiger partial charge is 0.310 e. The van der Waals surface area contributed by atoms with Gasteiger partial charge in [-0.25, -0.2) is 0 Å². The van der Waals surface area contributed by atoms with Gasteiger partial charge in [-0.3, -0.25) is 0 Å². The van der Waals surface area contributed by atoms with Gasteiger partial charge in [0.05, 0.1) is 11.4 Å². The van der Waals surface area contributed by atoms with E-state index < -0.39 is 0 Å². The Labute approximate surface area is 631 Å². The van der Waals surface area contributed by atoms with Crippen molar-refractivity contribution in [1.82, 2.24) is 0 Å². The Balaban J connectivity index is 0.925. The molecule has 0 N–H and O–H groups in total. The van der Waals surface area contributed by atoms with Crippen molar-refractivity contribution in [3.8, 4) is 111 Å². The Hall–Kier alpha value is -13.2. The average Bonchev–Trinajstić information content (AvgIpc) is 1.03. The van der Waals surface area contributed by atoms with Crippen molar-refractivity contribution in [1.29, 1.82) is 0 Å². The van der Waals surface area contributed by atoms with Gasteiger partial charge < -0.3 is 9.80 Å². The molecule has 0 radical (unpaired) electrons. The number of hydrogen-bond acceptors (Lipinski definition) is 4. The minimum atomic E-state index is -0.269. The van der Waals surface area contributed by atoms with Gasteiger partial charge in [0.15, 0.2) is 0 Å². The predicted molar refractivity (Wildman–Crippen MR) is 461 cm³/mol. The molecule has 0 atom stereocenters. The van der Waals surface area contributed by atoms with Gasteiger partial charge in [0.2, 0.25) is 0 Å². The summed E-state index contributed by atoms with van der Waals surface area (Å²) in [6.45, 7) is -0.269. The zero-order valence-corrected chi connectivity index (χ0v) is 59.9. The van der Waals surface area contributed by atoms with Gasteiger partial charge in [-0.05, 0) is 166 Å². The van der Waals surface area contributed by atoms with Gasteiger partial charge in [-0.1, -0.05) is 334 Å². The SMILES string of the molecule is c1ccc(-c2ccc(-c3cc4c5c(c3)N(c3c(-c6ccccc6)cc(-c6cccc7c6sc6ccccc67)cc3-c3ccccc3)c3ccc(-c6ccccc6)cc3B5c3cc(-c5ccccc5)ccc3N4c3c(-c4ccccc4)cc(-c4cccc5c4sc4ccccc45)cc3-c3ccccc3)cc2)cc1. The highest BCUT2D eigenvalue weighted by atomic mass is 32.1. The number of rotatable bonds is 12. The first-order chi connectivity index (χ1) is 53.1. The molecule has 2 nitrogen and oxygen atoms in total. The van der Waals surface area contributed by atoms with Gasteiger partial charge in [0.25, 0.3) is 6.71 Å². The first-order valence-electron chi connectivity index (χ1n) is 36.8. The molecule has 2 aliphatic rings. The highest BCUT2D eigenvalue weighted by Gasteiger charge is 2.46. The van der Waals surface area contributed by atoms with Gasteiger partial charge >= 0.3 is 0 Å². The summed E-state index contributed by atoms with van der Waals surface area (Å²) in [6, 6.07) is 148. The molecule has 2 aromatic heterocycles. The van der Waals surface area contributed by atoms with E-state index in [-0.39, 0.29) is 6.71 Å². The predicted octanol–water partition coefficient (Wildman–Crippen LogP) is 27.2. The fraction of sp³-hybridized carbons (Fsp3) is 0. The number of thiophene rings is 2. The van der Waals surface area contributed by atoms with Gasteiger partial charge in [0.1, 0.15) is 0 Å². The van der Waals surface area contributed by atoms with Crippen LogP contribution in [-0.2, 0) is 0 Å².